The number of hydrogen-bond acceptors (Lipinski definition) is 3. The average Bonchev–Trinajstić information content (AvgIpc) is 2.40. The summed E-state index contributed by atoms with van der Waals surface area (Å²) in [5.74, 6) is 1.77. The Morgan fingerprint density at radius 2 is 2.25 bits per heavy atom. The fraction of sp³-hybridized carbons (Fsp3) is 0.688. The maximum atomic E-state index is 4.46. The molecule has 3 nitrogen and oxygen atoms in total. The van der Waals surface area contributed by atoms with Gasteiger partial charge in [0, 0.05) is 18.3 Å². The Kier molecular flexibility index (Phi) is 5.08. The Balaban J connectivity index is 2.11. The Bertz CT molecular complexity index is 461. The first-order valence-electron chi connectivity index (χ1n) is 7.47. The minimum absolute atomic E-state index is 0.253. The van der Waals surface area contributed by atoms with Crippen LogP contribution in [0.2, 0.25) is 0 Å². The molecule has 1 N–H and O–H groups in total. The molecule has 4 heteroatoms. The van der Waals surface area contributed by atoms with Gasteiger partial charge in [0.25, 0.3) is 0 Å². The van der Waals surface area contributed by atoms with E-state index in [9.17, 15) is 0 Å². The standard InChI is InChI=1S/C16H26BrN3/c1-12-6-5-8-16(10-12,20(3)4)11-19-15-14(17)13(2)7-9-18-15/h7,9,12H,5-6,8,10-11H2,1-4H3,(H,18,19). The van der Waals surface area contributed by atoms with Crippen molar-refractivity contribution in [3.8, 4) is 0 Å². The zero-order chi connectivity index (χ0) is 14.8. The van der Waals surface area contributed by atoms with Crippen molar-refractivity contribution in [3.05, 3.63) is 22.3 Å². The number of halogens is 1. The second kappa shape index (κ2) is 6.44. The molecule has 1 aromatic heterocycles. The van der Waals surface area contributed by atoms with Crippen molar-refractivity contribution in [1.29, 1.82) is 0 Å². The molecule has 2 unspecified atom stereocenters. The van der Waals surface area contributed by atoms with Crippen molar-refractivity contribution < 1.29 is 0 Å². The molecule has 20 heavy (non-hydrogen) atoms. The molecule has 1 fully saturated rings. The largest absolute Gasteiger partial charge is 0.367 e. The maximum Gasteiger partial charge on any atom is 0.140 e. The fourth-order valence-electron chi connectivity index (χ4n) is 3.27. The van der Waals surface area contributed by atoms with Crippen molar-refractivity contribution in [2.75, 3.05) is 26.0 Å². The second-order valence-corrected chi connectivity index (χ2v) is 7.26. The van der Waals surface area contributed by atoms with E-state index in [-0.39, 0.29) is 5.54 Å². The molecule has 0 aliphatic heterocycles. The molecule has 1 aliphatic carbocycles. The van der Waals surface area contributed by atoms with Crippen molar-refractivity contribution in [3.63, 3.8) is 0 Å². The molecule has 2 rings (SSSR count). The Hall–Kier alpha value is -0.610. The molecule has 0 amide bonds. The highest BCUT2D eigenvalue weighted by atomic mass is 79.9. The minimum atomic E-state index is 0.253. The predicted molar refractivity (Wildman–Crippen MR) is 89.2 cm³/mol. The van der Waals surface area contributed by atoms with E-state index in [2.05, 4.69) is 59.1 Å². The number of hydrogen-bond donors (Lipinski definition) is 1. The first-order valence-corrected chi connectivity index (χ1v) is 8.26. The number of rotatable bonds is 4. The molecule has 1 saturated carbocycles. The van der Waals surface area contributed by atoms with Crippen LogP contribution in [0.4, 0.5) is 5.82 Å². The Morgan fingerprint density at radius 3 is 2.90 bits per heavy atom. The van der Waals surface area contributed by atoms with Crippen molar-refractivity contribution >= 4 is 21.7 Å². The van der Waals surface area contributed by atoms with Gasteiger partial charge in [-0.3, -0.25) is 0 Å². The maximum absolute atomic E-state index is 4.46. The number of pyridine rings is 1. The predicted octanol–water partition coefficient (Wildman–Crippen LogP) is 4.07. The van der Waals surface area contributed by atoms with Crippen LogP contribution >= 0.6 is 15.9 Å². The van der Waals surface area contributed by atoms with E-state index in [1.807, 2.05) is 12.3 Å². The van der Waals surface area contributed by atoms with Gasteiger partial charge in [0.2, 0.25) is 0 Å². The molecule has 2 atom stereocenters. The smallest absolute Gasteiger partial charge is 0.140 e. The second-order valence-electron chi connectivity index (χ2n) is 6.46. The van der Waals surface area contributed by atoms with Crippen LogP contribution in [0.25, 0.3) is 0 Å². The minimum Gasteiger partial charge on any atom is -0.367 e. The van der Waals surface area contributed by atoms with Gasteiger partial charge in [0.15, 0.2) is 0 Å². The van der Waals surface area contributed by atoms with Gasteiger partial charge in [-0.15, -0.1) is 0 Å². The molecule has 0 saturated heterocycles. The van der Waals surface area contributed by atoms with Crippen LogP contribution in [0.1, 0.15) is 38.2 Å². The van der Waals surface area contributed by atoms with Crippen LogP contribution < -0.4 is 5.32 Å². The van der Waals surface area contributed by atoms with Crippen LogP contribution in [-0.2, 0) is 0 Å². The Morgan fingerprint density at radius 1 is 1.50 bits per heavy atom. The molecule has 112 valence electrons. The summed E-state index contributed by atoms with van der Waals surface area (Å²) in [4.78, 5) is 6.86. The van der Waals surface area contributed by atoms with E-state index in [0.29, 0.717) is 0 Å². The number of likely N-dealkylation sites (N-methyl/N-ethyl adjacent to an activating group) is 1. The van der Waals surface area contributed by atoms with Gasteiger partial charge < -0.3 is 10.2 Å². The summed E-state index contributed by atoms with van der Waals surface area (Å²) in [6.45, 7) is 5.43. The van der Waals surface area contributed by atoms with Crippen LogP contribution in [0, 0.1) is 12.8 Å². The number of aromatic nitrogens is 1. The molecule has 1 aliphatic rings. The molecule has 0 aromatic carbocycles. The van der Waals surface area contributed by atoms with E-state index < -0.39 is 0 Å². The number of aryl methyl sites for hydroxylation is 1. The zero-order valence-corrected chi connectivity index (χ0v) is 14.6. The highest BCUT2D eigenvalue weighted by Crippen LogP contribution is 2.36. The normalized spacial score (nSPS) is 26.8. The molecular weight excluding hydrogens is 314 g/mol. The van der Waals surface area contributed by atoms with E-state index >= 15 is 0 Å². The summed E-state index contributed by atoms with van der Waals surface area (Å²) >= 11 is 3.63. The third-order valence-electron chi connectivity index (χ3n) is 4.68. The summed E-state index contributed by atoms with van der Waals surface area (Å²) in [6, 6.07) is 2.03. The lowest BCUT2D eigenvalue weighted by Crippen LogP contribution is -2.52. The first-order chi connectivity index (χ1) is 9.44. The highest BCUT2D eigenvalue weighted by molar-refractivity contribution is 9.10. The lowest BCUT2D eigenvalue weighted by molar-refractivity contribution is 0.0881. The first kappa shape index (κ1) is 15.8. The highest BCUT2D eigenvalue weighted by Gasteiger charge is 2.36. The summed E-state index contributed by atoms with van der Waals surface area (Å²) in [5, 5.41) is 3.57. The third-order valence-corrected chi connectivity index (χ3v) is 5.68. The lowest BCUT2D eigenvalue weighted by atomic mass is 9.75. The van der Waals surface area contributed by atoms with Crippen LogP contribution in [0.15, 0.2) is 16.7 Å². The van der Waals surface area contributed by atoms with Gasteiger partial charge in [-0.05, 0) is 67.3 Å². The van der Waals surface area contributed by atoms with E-state index in [0.717, 1.165) is 22.8 Å². The monoisotopic (exact) mass is 339 g/mol. The topological polar surface area (TPSA) is 28.2 Å². The summed E-state index contributed by atoms with van der Waals surface area (Å²) in [5.41, 5.74) is 1.47. The third kappa shape index (κ3) is 3.34. The number of anilines is 1. The molecule has 0 bridgehead atoms. The SMILES string of the molecule is Cc1ccnc(NCC2(N(C)C)CCCC(C)C2)c1Br. The van der Waals surface area contributed by atoms with Gasteiger partial charge in [-0.25, -0.2) is 4.98 Å². The van der Waals surface area contributed by atoms with Gasteiger partial charge in [-0.1, -0.05) is 19.8 Å². The van der Waals surface area contributed by atoms with Gasteiger partial charge in [0.05, 0.1) is 4.47 Å². The molecule has 1 heterocycles. The number of nitrogens with one attached hydrogen (secondary N) is 1. The van der Waals surface area contributed by atoms with Crippen molar-refractivity contribution in [2.45, 2.75) is 45.1 Å². The summed E-state index contributed by atoms with van der Waals surface area (Å²) in [7, 11) is 4.41. The molecule has 1 aromatic rings. The van der Waals surface area contributed by atoms with E-state index in [1.165, 1.54) is 31.2 Å². The number of nitrogens with zero attached hydrogens (tertiary/aromatic N) is 2. The van der Waals surface area contributed by atoms with Crippen LogP contribution in [0.5, 0.6) is 0 Å². The van der Waals surface area contributed by atoms with E-state index in [4.69, 9.17) is 0 Å². The van der Waals surface area contributed by atoms with Crippen LogP contribution in [0.3, 0.4) is 0 Å². The lowest BCUT2D eigenvalue weighted by Gasteiger charge is -2.45. The molecular formula is C16H26BrN3. The van der Waals surface area contributed by atoms with Gasteiger partial charge >= 0.3 is 0 Å². The van der Waals surface area contributed by atoms with Crippen molar-refractivity contribution in [1.82, 2.24) is 9.88 Å². The quantitative estimate of drug-likeness (QED) is 0.895. The summed E-state index contributed by atoms with van der Waals surface area (Å²) < 4.78 is 1.08. The average molecular weight is 340 g/mol. The van der Waals surface area contributed by atoms with E-state index in [1.54, 1.807) is 0 Å². The summed E-state index contributed by atoms with van der Waals surface area (Å²) in [6.07, 6.45) is 7.08. The molecule has 0 radical (unpaired) electrons. The van der Waals surface area contributed by atoms with Gasteiger partial charge in [-0.2, -0.15) is 0 Å². The zero-order valence-electron chi connectivity index (χ0n) is 13.0. The molecule has 0 spiro atoms. The van der Waals surface area contributed by atoms with Crippen molar-refractivity contribution in [2.24, 2.45) is 5.92 Å². The Labute approximate surface area is 131 Å². The van der Waals surface area contributed by atoms with Gasteiger partial charge in [0.1, 0.15) is 5.82 Å². The van der Waals surface area contributed by atoms with Crippen LogP contribution in [-0.4, -0.2) is 36.1 Å². The fourth-order valence-corrected chi connectivity index (χ4v) is 3.64.